The average molecular weight is 209 g/mol. The van der Waals surface area contributed by atoms with E-state index >= 15 is 0 Å². The van der Waals surface area contributed by atoms with Crippen molar-refractivity contribution in [3.63, 3.8) is 0 Å². The molecule has 0 fully saturated rings. The highest BCUT2D eigenvalue weighted by molar-refractivity contribution is 7.09. The van der Waals surface area contributed by atoms with Crippen molar-refractivity contribution in [2.24, 2.45) is 4.99 Å². The quantitative estimate of drug-likeness (QED) is 0.324. The van der Waals surface area contributed by atoms with Crippen LogP contribution in [0.5, 0.6) is 0 Å². The molecule has 0 saturated carbocycles. The van der Waals surface area contributed by atoms with Crippen molar-refractivity contribution in [1.29, 1.82) is 5.26 Å². The second-order valence-corrected chi connectivity index (χ2v) is 3.48. The first-order valence-electron chi connectivity index (χ1n) is 4.04. The molecule has 0 aliphatic rings. The van der Waals surface area contributed by atoms with Gasteiger partial charge in [0.25, 0.3) is 0 Å². The van der Waals surface area contributed by atoms with E-state index in [-0.39, 0.29) is 0 Å². The Bertz CT molecular complexity index is 362. The fourth-order valence-electron chi connectivity index (χ4n) is 0.856. The molecule has 5 nitrogen and oxygen atoms in total. The van der Waals surface area contributed by atoms with Crippen LogP contribution >= 0.6 is 11.3 Å². The van der Waals surface area contributed by atoms with Gasteiger partial charge >= 0.3 is 0 Å². The second kappa shape index (κ2) is 5.19. The summed E-state index contributed by atoms with van der Waals surface area (Å²) in [6.45, 7) is 2.43. The maximum absolute atomic E-state index is 8.37. The maximum atomic E-state index is 8.37. The van der Waals surface area contributed by atoms with E-state index in [1.807, 2.05) is 12.3 Å². The molecule has 0 bridgehead atoms. The van der Waals surface area contributed by atoms with Gasteiger partial charge in [-0.25, -0.2) is 9.98 Å². The molecule has 74 valence electrons. The first kappa shape index (κ1) is 10.5. The fourth-order valence-corrected chi connectivity index (χ4v) is 1.55. The first-order chi connectivity index (χ1) is 6.76. The smallest absolute Gasteiger partial charge is 0.204 e. The summed E-state index contributed by atoms with van der Waals surface area (Å²) in [4.78, 5) is 8.39. The standard InChI is InChI=1S/C8H11N5S/c1-6-4-14-7(13-6)3-11-8(10-2)12-5-9/h4H,3H2,1-2H3,(H2,10,11,12). The third kappa shape index (κ3) is 3.03. The van der Waals surface area contributed by atoms with Gasteiger partial charge in [0.1, 0.15) is 5.01 Å². The van der Waals surface area contributed by atoms with Crippen molar-refractivity contribution < 1.29 is 0 Å². The van der Waals surface area contributed by atoms with Gasteiger partial charge in [0.05, 0.1) is 6.54 Å². The molecule has 0 spiro atoms. The second-order valence-electron chi connectivity index (χ2n) is 2.53. The number of nitriles is 1. The van der Waals surface area contributed by atoms with E-state index in [9.17, 15) is 0 Å². The van der Waals surface area contributed by atoms with Gasteiger partial charge in [-0.1, -0.05) is 0 Å². The Kier molecular flexibility index (Phi) is 3.88. The summed E-state index contributed by atoms with van der Waals surface area (Å²) in [5, 5.41) is 16.5. The molecule has 0 aliphatic heterocycles. The van der Waals surface area contributed by atoms with Crippen molar-refractivity contribution in [3.05, 3.63) is 16.1 Å². The van der Waals surface area contributed by atoms with Crippen LogP contribution in [0.25, 0.3) is 0 Å². The molecule has 14 heavy (non-hydrogen) atoms. The van der Waals surface area contributed by atoms with Gasteiger partial charge in [-0.15, -0.1) is 11.3 Å². The van der Waals surface area contributed by atoms with Crippen LogP contribution in [0.15, 0.2) is 10.4 Å². The van der Waals surface area contributed by atoms with Gasteiger partial charge in [-0.05, 0) is 6.92 Å². The van der Waals surface area contributed by atoms with Crippen molar-refractivity contribution in [2.75, 3.05) is 7.05 Å². The van der Waals surface area contributed by atoms with Gasteiger partial charge in [-0.3, -0.25) is 5.32 Å². The molecular weight excluding hydrogens is 198 g/mol. The van der Waals surface area contributed by atoms with E-state index in [1.54, 1.807) is 24.6 Å². The largest absolute Gasteiger partial charge is 0.359 e. The molecule has 0 unspecified atom stereocenters. The van der Waals surface area contributed by atoms with Gasteiger partial charge in [-0.2, -0.15) is 5.26 Å². The number of thiazole rings is 1. The number of aryl methyl sites for hydroxylation is 1. The Hall–Kier alpha value is -1.61. The van der Waals surface area contributed by atoms with Crippen LogP contribution in [-0.2, 0) is 6.54 Å². The SMILES string of the molecule is CNC(=NCc1nc(C)cs1)NC#N. The first-order valence-corrected chi connectivity index (χ1v) is 4.92. The van der Waals surface area contributed by atoms with Gasteiger partial charge in [0.2, 0.25) is 5.96 Å². The maximum Gasteiger partial charge on any atom is 0.204 e. The minimum atomic E-state index is 0.459. The van der Waals surface area contributed by atoms with E-state index in [2.05, 4.69) is 20.6 Å². The molecule has 1 aromatic heterocycles. The summed E-state index contributed by atoms with van der Waals surface area (Å²) >= 11 is 1.56. The van der Waals surface area contributed by atoms with Gasteiger partial charge < -0.3 is 5.32 Å². The zero-order valence-electron chi connectivity index (χ0n) is 8.03. The average Bonchev–Trinajstić information content (AvgIpc) is 2.59. The summed E-state index contributed by atoms with van der Waals surface area (Å²) < 4.78 is 0. The van der Waals surface area contributed by atoms with E-state index < -0.39 is 0 Å². The number of hydrogen-bond acceptors (Lipinski definition) is 4. The lowest BCUT2D eigenvalue weighted by Crippen LogP contribution is -2.31. The Balaban J connectivity index is 2.57. The van der Waals surface area contributed by atoms with Crippen LogP contribution in [0.3, 0.4) is 0 Å². The van der Waals surface area contributed by atoms with E-state index in [4.69, 9.17) is 5.26 Å². The Morgan fingerprint density at radius 2 is 2.57 bits per heavy atom. The lowest BCUT2D eigenvalue weighted by atomic mass is 10.6. The number of nitrogens with one attached hydrogen (secondary N) is 2. The number of aliphatic imine (C=N–C) groups is 1. The van der Waals surface area contributed by atoms with Gasteiger partial charge in [0.15, 0.2) is 6.19 Å². The molecule has 6 heteroatoms. The van der Waals surface area contributed by atoms with Crippen molar-refractivity contribution >= 4 is 17.3 Å². The number of hydrogen-bond donors (Lipinski definition) is 2. The van der Waals surface area contributed by atoms with Crippen LogP contribution in [0, 0.1) is 18.4 Å². The Labute approximate surface area is 86.5 Å². The van der Waals surface area contributed by atoms with Crippen LogP contribution in [0.2, 0.25) is 0 Å². The summed E-state index contributed by atoms with van der Waals surface area (Å²) in [7, 11) is 1.70. The van der Waals surface area contributed by atoms with Crippen LogP contribution < -0.4 is 10.6 Å². The van der Waals surface area contributed by atoms with Crippen LogP contribution in [-0.4, -0.2) is 18.0 Å². The summed E-state index contributed by atoms with van der Waals surface area (Å²) in [6, 6.07) is 0. The molecule has 0 amide bonds. The minimum absolute atomic E-state index is 0.459. The highest BCUT2D eigenvalue weighted by Gasteiger charge is 1.98. The van der Waals surface area contributed by atoms with E-state index in [0.29, 0.717) is 12.5 Å². The minimum Gasteiger partial charge on any atom is -0.359 e. The molecule has 0 aliphatic carbocycles. The summed E-state index contributed by atoms with van der Waals surface area (Å²) in [5.41, 5.74) is 0.999. The lowest BCUT2D eigenvalue weighted by molar-refractivity contribution is 0.961. The molecule has 0 saturated heterocycles. The number of guanidine groups is 1. The topological polar surface area (TPSA) is 73.1 Å². The van der Waals surface area contributed by atoms with Crippen molar-refractivity contribution in [2.45, 2.75) is 13.5 Å². The molecule has 1 rings (SSSR count). The van der Waals surface area contributed by atoms with E-state index in [0.717, 1.165) is 10.7 Å². The highest BCUT2D eigenvalue weighted by atomic mass is 32.1. The fraction of sp³-hybridized carbons (Fsp3) is 0.375. The normalized spacial score (nSPS) is 10.8. The summed E-state index contributed by atoms with van der Waals surface area (Å²) in [6.07, 6.45) is 1.80. The molecule has 0 radical (unpaired) electrons. The van der Waals surface area contributed by atoms with Crippen LogP contribution in [0.1, 0.15) is 10.7 Å². The number of rotatable bonds is 2. The Morgan fingerprint density at radius 1 is 1.79 bits per heavy atom. The van der Waals surface area contributed by atoms with E-state index in [1.165, 1.54) is 0 Å². The number of nitrogens with zero attached hydrogens (tertiary/aromatic N) is 3. The lowest BCUT2D eigenvalue weighted by Gasteiger charge is -2.00. The van der Waals surface area contributed by atoms with Crippen LogP contribution in [0.4, 0.5) is 0 Å². The molecule has 0 atom stereocenters. The molecule has 1 heterocycles. The zero-order valence-corrected chi connectivity index (χ0v) is 8.85. The third-order valence-corrected chi connectivity index (χ3v) is 2.40. The monoisotopic (exact) mass is 209 g/mol. The molecule has 2 N–H and O–H groups in total. The van der Waals surface area contributed by atoms with Crippen molar-refractivity contribution in [3.8, 4) is 6.19 Å². The van der Waals surface area contributed by atoms with Crippen molar-refractivity contribution in [1.82, 2.24) is 15.6 Å². The molecule has 1 aromatic rings. The number of aromatic nitrogens is 1. The Morgan fingerprint density at radius 3 is 3.07 bits per heavy atom. The summed E-state index contributed by atoms with van der Waals surface area (Å²) in [5.74, 6) is 0.459. The molecular formula is C8H11N5S. The highest BCUT2D eigenvalue weighted by Crippen LogP contribution is 2.09. The molecule has 0 aromatic carbocycles. The van der Waals surface area contributed by atoms with Gasteiger partial charge in [0, 0.05) is 18.1 Å². The predicted octanol–water partition coefficient (Wildman–Crippen LogP) is 0.598. The predicted molar refractivity (Wildman–Crippen MR) is 55.8 cm³/mol. The third-order valence-electron chi connectivity index (χ3n) is 1.45. The zero-order chi connectivity index (χ0) is 10.4.